The normalized spacial score (nSPS) is 14.1. The average Bonchev–Trinajstić information content (AvgIpc) is 3.42. The molecule has 0 fully saturated rings. The Morgan fingerprint density at radius 1 is 0.400 bits per heavy atom. The maximum atomic E-state index is 12.8. The number of nitrogens with zero attached hydrogens (tertiary/aromatic N) is 1. The van der Waals surface area contributed by atoms with Crippen LogP contribution in [0.15, 0.2) is 134 Å². The van der Waals surface area contributed by atoms with Crippen LogP contribution in [0, 0.1) is 0 Å². The zero-order valence-corrected chi connectivity index (χ0v) is 52.6. The van der Waals surface area contributed by atoms with Gasteiger partial charge in [-0.15, -0.1) is 0 Å². The molecule has 0 rings (SSSR count). The molecule has 0 saturated carbocycles. The molecule has 0 aromatic carbocycles. The Kier molecular flexibility index (Phi) is 56.9. The molecular weight excluding hydrogens is 1010 g/mol. The third kappa shape index (κ3) is 63.3. The average molecular weight is 1130 g/mol. The molecule has 0 N–H and O–H groups in total. The van der Waals surface area contributed by atoms with E-state index in [0.717, 1.165) is 83.5 Å². The second-order valence-corrected chi connectivity index (χ2v) is 23.4. The first-order valence-corrected chi connectivity index (χ1v) is 33.4. The lowest BCUT2D eigenvalue weighted by Crippen LogP contribution is -2.37. The summed E-state index contributed by atoms with van der Waals surface area (Å²) in [7, 11) is 1.11. The van der Waals surface area contributed by atoms with Crippen LogP contribution in [0.1, 0.15) is 245 Å². The van der Waals surface area contributed by atoms with Gasteiger partial charge in [0.1, 0.15) is 19.8 Å². The van der Waals surface area contributed by atoms with Crippen LogP contribution in [0.5, 0.6) is 0 Å². The number of allylic oxidation sites excluding steroid dienone is 22. The van der Waals surface area contributed by atoms with E-state index in [4.69, 9.17) is 18.5 Å². The fraction of sp³-hybridized carbons (Fsp3) is 0.657. The van der Waals surface area contributed by atoms with Crippen LogP contribution in [0.4, 0.5) is 0 Å². The molecule has 10 heteroatoms. The molecule has 0 aromatic rings. The first-order chi connectivity index (χ1) is 39.0. The molecule has 0 amide bonds. The van der Waals surface area contributed by atoms with E-state index in [1.54, 1.807) is 0 Å². The van der Waals surface area contributed by atoms with E-state index in [1.165, 1.54) is 122 Å². The van der Waals surface area contributed by atoms with Gasteiger partial charge in [0.05, 0.1) is 27.7 Å². The Hall–Kier alpha value is -3.85. The number of phosphoric ester groups is 1. The molecule has 0 aliphatic rings. The van der Waals surface area contributed by atoms with E-state index >= 15 is 0 Å². The number of carbonyl (C=O) groups excluding carboxylic acids is 2. The van der Waals surface area contributed by atoms with Crippen LogP contribution in [0.2, 0.25) is 0 Å². The number of esters is 2. The number of hydrogen-bond acceptors (Lipinski definition) is 8. The van der Waals surface area contributed by atoms with E-state index < -0.39 is 32.5 Å². The van der Waals surface area contributed by atoms with Gasteiger partial charge in [0.15, 0.2) is 6.10 Å². The van der Waals surface area contributed by atoms with Gasteiger partial charge >= 0.3 is 11.9 Å². The summed E-state index contributed by atoms with van der Waals surface area (Å²) >= 11 is 0. The van der Waals surface area contributed by atoms with Crippen molar-refractivity contribution in [3.8, 4) is 0 Å². The third-order valence-electron chi connectivity index (χ3n) is 13.2. The van der Waals surface area contributed by atoms with E-state index in [-0.39, 0.29) is 26.1 Å². The lowest BCUT2D eigenvalue weighted by molar-refractivity contribution is -0.870. The summed E-state index contributed by atoms with van der Waals surface area (Å²) in [6.45, 7) is 4.05. The van der Waals surface area contributed by atoms with Gasteiger partial charge in [0.2, 0.25) is 0 Å². The Morgan fingerprint density at radius 3 is 1.10 bits per heavy atom. The topological polar surface area (TPSA) is 111 Å². The van der Waals surface area contributed by atoms with Gasteiger partial charge in [-0.2, -0.15) is 0 Å². The van der Waals surface area contributed by atoms with Crippen LogP contribution in [0.3, 0.4) is 0 Å². The van der Waals surface area contributed by atoms with Crippen molar-refractivity contribution in [1.29, 1.82) is 0 Å². The van der Waals surface area contributed by atoms with Crippen molar-refractivity contribution in [2.24, 2.45) is 0 Å². The SMILES string of the molecule is CC/C=C\C/C=C\C/C=C\C/C=C\C/C=C\C/C=C\C/C=C\C/C=C\C/C=C\CCCC(=O)OC(COC(=O)CCCCCCCCCCCCCCCCC/C=C\C/C=C\CCCCCCC)COP(=O)([O-])OCC[N+](C)(C)C. The summed E-state index contributed by atoms with van der Waals surface area (Å²) in [4.78, 5) is 37.9. The van der Waals surface area contributed by atoms with Crippen LogP contribution in [-0.2, 0) is 32.7 Å². The molecule has 2 atom stereocenters. The molecule has 0 aliphatic carbocycles. The van der Waals surface area contributed by atoms with Crippen molar-refractivity contribution in [2.45, 2.75) is 251 Å². The van der Waals surface area contributed by atoms with E-state index in [1.807, 2.05) is 27.2 Å². The molecule has 0 aromatic heterocycles. The highest BCUT2D eigenvalue weighted by Crippen LogP contribution is 2.38. The minimum Gasteiger partial charge on any atom is -0.756 e. The number of phosphoric acid groups is 1. The van der Waals surface area contributed by atoms with E-state index in [9.17, 15) is 19.0 Å². The lowest BCUT2D eigenvalue weighted by Gasteiger charge is -2.28. The van der Waals surface area contributed by atoms with Gasteiger partial charge in [0.25, 0.3) is 7.82 Å². The second-order valence-electron chi connectivity index (χ2n) is 22.0. The molecule has 9 nitrogen and oxygen atoms in total. The van der Waals surface area contributed by atoms with Gasteiger partial charge in [-0.3, -0.25) is 14.2 Å². The Morgan fingerprint density at radius 2 is 0.725 bits per heavy atom. The van der Waals surface area contributed by atoms with Gasteiger partial charge in [0, 0.05) is 12.8 Å². The monoisotopic (exact) mass is 1130 g/mol. The third-order valence-corrected chi connectivity index (χ3v) is 14.1. The first-order valence-electron chi connectivity index (χ1n) is 31.9. The fourth-order valence-electron chi connectivity index (χ4n) is 8.28. The smallest absolute Gasteiger partial charge is 0.306 e. The molecule has 0 radical (unpaired) electrons. The molecule has 80 heavy (non-hydrogen) atoms. The molecule has 2 unspecified atom stereocenters. The highest BCUT2D eigenvalue weighted by Gasteiger charge is 2.21. The molecule has 0 heterocycles. The molecule has 0 bridgehead atoms. The van der Waals surface area contributed by atoms with E-state index in [0.29, 0.717) is 23.9 Å². The Bertz CT molecular complexity index is 1810. The summed E-state index contributed by atoms with van der Waals surface area (Å²) in [5.74, 6) is -0.908. The van der Waals surface area contributed by atoms with Crippen molar-refractivity contribution < 1.29 is 42.1 Å². The van der Waals surface area contributed by atoms with Crippen molar-refractivity contribution in [3.05, 3.63) is 134 Å². The first kappa shape index (κ1) is 76.1. The minimum atomic E-state index is -4.66. The summed E-state index contributed by atoms with van der Waals surface area (Å²) < 4.78 is 34.1. The Labute approximate surface area is 491 Å². The molecular formula is C70H118NO8P. The summed E-state index contributed by atoms with van der Waals surface area (Å²) in [6.07, 6.45) is 86.6. The summed E-state index contributed by atoms with van der Waals surface area (Å²) in [5.41, 5.74) is 0. The number of unbranched alkanes of at least 4 members (excludes halogenated alkanes) is 21. The van der Waals surface area contributed by atoms with Crippen LogP contribution >= 0.6 is 7.82 Å². The standard InChI is InChI=1S/C70H118NO8P/c1-6-8-10-12-14-16-18-20-22-24-26-28-30-32-34-35-37-39-41-43-45-47-49-51-53-55-57-59-61-63-70(73)79-68(67-78-80(74,75)77-65-64-71(3,4)5)66-76-69(72)62-60-58-56-54-52-50-48-46-44-42-40-38-36-33-31-29-27-25-23-21-19-17-15-13-11-9-7-2/h8,10,14,16,19-22,25-28,32,34,37,39,43,45,49,51,55,57,68H,6-7,9,11-13,15,17-18,23-24,29-31,33,35-36,38,40-42,44,46-48,50,52-54,56,58-67H2,1-5H3/b10-8-,16-14-,21-19-,22-20-,27-25-,28-26-,34-32-,39-37-,45-43-,51-49-,57-55-. The largest absolute Gasteiger partial charge is 0.756 e. The van der Waals surface area contributed by atoms with Crippen LogP contribution in [0.25, 0.3) is 0 Å². The minimum absolute atomic E-state index is 0.0486. The van der Waals surface area contributed by atoms with Gasteiger partial charge in [-0.1, -0.05) is 257 Å². The number of hydrogen-bond donors (Lipinski definition) is 0. The maximum Gasteiger partial charge on any atom is 0.306 e. The highest BCUT2D eigenvalue weighted by atomic mass is 31.2. The highest BCUT2D eigenvalue weighted by molar-refractivity contribution is 7.45. The van der Waals surface area contributed by atoms with Gasteiger partial charge < -0.3 is 27.9 Å². The van der Waals surface area contributed by atoms with E-state index in [2.05, 4.69) is 141 Å². The molecule has 0 saturated heterocycles. The van der Waals surface area contributed by atoms with Crippen molar-refractivity contribution >= 4 is 19.8 Å². The number of carbonyl (C=O) groups is 2. The Balaban J connectivity index is 4.25. The van der Waals surface area contributed by atoms with Crippen molar-refractivity contribution in [3.63, 3.8) is 0 Å². The predicted molar refractivity (Wildman–Crippen MR) is 341 cm³/mol. The lowest BCUT2D eigenvalue weighted by atomic mass is 10.0. The van der Waals surface area contributed by atoms with Crippen molar-refractivity contribution in [2.75, 3.05) is 47.5 Å². The maximum absolute atomic E-state index is 12.8. The zero-order valence-electron chi connectivity index (χ0n) is 51.7. The van der Waals surface area contributed by atoms with Gasteiger partial charge in [-0.05, 0) is 109 Å². The summed E-state index contributed by atoms with van der Waals surface area (Å²) in [6, 6.07) is 0. The number of likely N-dealkylation sites (N-methyl/N-ethyl adjacent to an activating group) is 1. The van der Waals surface area contributed by atoms with Crippen LogP contribution in [-0.4, -0.2) is 70.0 Å². The molecule has 0 aliphatic heterocycles. The summed E-state index contributed by atoms with van der Waals surface area (Å²) in [5, 5.41) is 0. The number of ether oxygens (including phenoxy) is 2. The van der Waals surface area contributed by atoms with Crippen molar-refractivity contribution in [1.82, 2.24) is 0 Å². The zero-order chi connectivity index (χ0) is 58.4. The quantitative estimate of drug-likeness (QED) is 0.0195. The number of rotatable bonds is 57. The van der Waals surface area contributed by atoms with Crippen LogP contribution < -0.4 is 4.89 Å². The molecule has 456 valence electrons. The number of quaternary nitrogens is 1. The predicted octanol–water partition coefficient (Wildman–Crippen LogP) is 19.9. The second kappa shape index (κ2) is 59.8. The van der Waals surface area contributed by atoms with Gasteiger partial charge in [-0.25, -0.2) is 0 Å². The fourth-order valence-corrected chi connectivity index (χ4v) is 9.00. The molecule has 0 spiro atoms.